The van der Waals surface area contributed by atoms with Crippen molar-refractivity contribution >= 4 is 23.5 Å². The molecule has 0 aliphatic carbocycles. The highest BCUT2D eigenvalue weighted by Gasteiger charge is 2.13. The van der Waals surface area contributed by atoms with E-state index in [2.05, 4.69) is 20.4 Å². The maximum Gasteiger partial charge on any atom is 0.293 e. The number of aromatic nitrogens is 4. The first kappa shape index (κ1) is 14.3. The van der Waals surface area contributed by atoms with Crippen molar-refractivity contribution in [3.8, 4) is 0 Å². The van der Waals surface area contributed by atoms with Gasteiger partial charge < -0.3 is 4.42 Å². The van der Waals surface area contributed by atoms with E-state index in [0.717, 1.165) is 5.69 Å². The summed E-state index contributed by atoms with van der Waals surface area (Å²) in [6, 6.07) is 5.04. The number of nitrogens with zero attached hydrogens (tertiary/aromatic N) is 4. The molecule has 0 bridgehead atoms. The monoisotopic (exact) mass is 317 g/mol. The van der Waals surface area contributed by atoms with Crippen molar-refractivity contribution in [3.63, 3.8) is 0 Å². The summed E-state index contributed by atoms with van der Waals surface area (Å²) in [5.41, 5.74) is 0.765. The Kier molecular flexibility index (Phi) is 3.88. The second-order valence-electron chi connectivity index (χ2n) is 4.60. The van der Waals surface area contributed by atoms with E-state index >= 15 is 0 Å². The fraction of sp³-hybridized carbons (Fsp3) is 0.143. The molecular weight excluding hydrogens is 306 g/mol. The number of nitrogens with one attached hydrogen (secondary N) is 1. The predicted molar refractivity (Wildman–Crippen MR) is 79.8 cm³/mol. The molecule has 3 aromatic rings. The molecule has 0 saturated heterocycles. The molecule has 22 heavy (non-hydrogen) atoms. The second-order valence-corrected chi connectivity index (χ2v) is 5.03. The van der Waals surface area contributed by atoms with E-state index < -0.39 is 5.91 Å². The van der Waals surface area contributed by atoms with Crippen molar-refractivity contribution in [3.05, 3.63) is 59.0 Å². The average Bonchev–Trinajstić information content (AvgIpc) is 3.09. The number of hydrogen-bond donors (Lipinski definition) is 1. The van der Waals surface area contributed by atoms with Crippen LogP contribution in [0.15, 0.2) is 41.2 Å². The van der Waals surface area contributed by atoms with Crippen LogP contribution < -0.4 is 5.32 Å². The minimum atomic E-state index is -0.407. The van der Waals surface area contributed by atoms with Crippen LogP contribution in [0.1, 0.15) is 22.0 Å². The molecule has 0 fully saturated rings. The van der Waals surface area contributed by atoms with E-state index in [4.69, 9.17) is 16.0 Å². The van der Waals surface area contributed by atoms with Gasteiger partial charge in [0.1, 0.15) is 5.76 Å². The van der Waals surface area contributed by atoms with E-state index in [1.54, 1.807) is 35.3 Å². The first-order valence-corrected chi connectivity index (χ1v) is 6.85. The van der Waals surface area contributed by atoms with Gasteiger partial charge in [0.15, 0.2) is 5.76 Å². The maximum atomic E-state index is 12.1. The van der Waals surface area contributed by atoms with E-state index in [-0.39, 0.29) is 11.7 Å². The lowest BCUT2D eigenvalue weighted by atomic mass is 10.4. The molecule has 0 aliphatic heterocycles. The SMILES string of the molecule is Cc1ccnc(NC(=O)c2ccc(Cn3cc(Cl)cn3)o2)n1. The van der Waals surface area contributed by atoms with Crippen molar-refractivity contribution in [2.24, 2.45) is 0 Å². The molecule has 3 heterocycles. The molecule has 0 unspecified atom stereocenters. The van der Waals surface area contributed by atoms with E-state index in [9.17, 15) is 4.79 Å². The number of aryl methyl sites for hydroxylation is 1. The van der Waals surface area contributed by atoms with Crippen LogP contribution >= 0.6 is 11.6 Å². The Bertz CT molecular complexity index is 811. The molecule has 0 aromatic carbocycles. The third-order valence-corrected chi connectivity index (χ3v) is 3.02. The Morgan fingerprint density at radius 1 is 1.41 bits per heavy atom. The molecule has 1 amide bonds. The van der Waals surface area contributed by atoms with Crippen LogP contribution in [0.5, 0.6) is 0 Å². The molecule has 3 aromatic heterocycles. The lowest BCUT2D eigenvalue weighted by Crippen LogP contribution is -2.13. The van der Waals surface area contributed by atoms with Crippen molar-refractivity contribution in [2.75, 3.05) is 5.32 Å². The summed E-state index contributed by atoms with van der Waals surface area (Å²) in [7, 11) is 0. The van der Waals surface area contributed by atoms with Crippen LogP contribution in [-0.4, -0.2) is 25.7 Å². The number of anilines is 1. The summed E-state index contributed by atoms with van der Waals surface area (Å²) in [5.74, 6) is 0.602. The van der Waals surface area contributed by atoms with Crippen LogP contribution in [-0.2, 0) is 6.54 Å². The Balaban J connectivity index is 1.69. The highest BCUT2D eigenvalue weighted by atomic mass is 35.5. The molecule has 7 nitrogen and oxygen atoms in total. The Morgan fingerprint density at radius 2 is 2.27 bits per heavy atom. The molecular formula is C14H12ClN5O2. The van der Waals surface area contributed by atoms with Crippen LogP contribution in [0.25, 0.3) is 0 Å². The van der Waals surface area contributed by atoms with Gasteiger partial charge >= 0.3 is 0 Å². The van der Waals surface area contributed by atoms with Gasteiger partial charge in [0.05, 0.1) is 17.8 Å². The Labute approximate surface area is 130 Å². The van der Waals surface area contributed by atoms with Crippen molar-refractivity contribution in [1.82, 2.24) is 19.7 Å². The number of hydrogen-bond acceptors (Lipinski definition) is 5. The number of carbonyl (C=O) groups excluding carboxylic acids is 1. The quantitative estimate of drug-likeness (QED) is 0.799. The van der Waals surface area contributed by atoms with Crippen LogP contribution in [0.3, 0.4) is 0 Å². The van der Waals surface area contributed by atoms with Gasteiger partial charge in [0, 0.05) is 18.1 Å². The van der Waals surface area contributed by atoms with Crippen molar-refractivity contribution in [2.45, 2.75) is 13.5 Å². The van der Waals surface area contributed by atoms with Gasteiger partial charge in [-0.25, -0.2) is 9.97 Å². The first-order valence-electron chi connectivity index (χ1n) is 6.48. The topological polar surface area (TPSA) is 85.8 Å². The molecule has 0 atom stereocenters. The summed E-state index contributed by atoms with van der Waals surface area (Å²) in [6.45, 7) is 2.21. The third-order valence-electron chi connectivity index (χ3n) is 2.83. The van der Waals surface area contributed by atoms with Crippen molar-refractivity contribution < 1.29 is 9.21 Å². The minimum Gasteiger partial charge on any atom is -0.454 e. The summed E-state index contributed by atoms with van der Waals surface area (Å²) in [4.78, 5) is 20.1. The molecule has 0 radical (unpaired) electrons. The summed E-state index contributed by atoms with van der Waals surface area (Å²) in [5, 5.41) is 7.17. The van der Waals surface area contributed by atoms with Crippen LogP contribution in [0, 0.1) is 6.92 Å². The normalized spacial score (nSPS) is 10.6. The summed E-state index contributed by atoms with van der Waals surface area (Å²) in [6.07, 6.45) is 4.78. The molecule has 112 valence electrons. The Morgan fingerprint density at radius 3 is 3.00 bits per heavy atom. The lowest BCUT2D eigenvalue weighted by Gasteiger charge is -2.02. The van der Waals surface area contributed by atoms with Crippen LogP contribution in [0.2, 0.25) is 5.02 Å². The fourth-order valence-corrected chi connectivity index (χ4v) is 2.00. The largest absolute Gasteiger partial charge is 0.454 e. The van der Waals surface area contributed by atoms with Gasteiger partial charge in [-0.2, -0.15) is 5.10 Å². The third kappa shape index (κ3) is 3.32. The van der Waals surface area contributed by atoms with Gasteiger partial charge in [0.2, 0.25) is 5.95 Å². The number of rotatable bonds is 4. The van der Waals surface area contributed by atoms with Gasteiger partial charge in [-0.15, -0.1) is 0 Å². The highest BCUT2D eigenvalue weighted by Crippen LogP contribution is 2.13. The van der Waals surface area contributed by atoms with E-state index in [1.165, 1.54) is 6.20 Å². The van der Waals surface area contributed by atoms with Crippen LogP contribution in [0.4, 0.5) is 5.95 Å². The fourth-order valence-electron chi connectivity index (χ4n) is 1.84. The molecule has 1 N–H and O–H groups in total. The minimum absolute atomic E-state index is 0.179. The van der Waals surface area contributed by atoms with E-state index in [1.807, 2.05) is 6.92 Å². The first-order chi connectivity index (χ1) is 10.6. The summed E-state index contributed by atoms with van der Waals surface area (Å²) >= 11 is 5.79. The highest BCUT2D eigenvalue weighted by molar-refractivity contribution is 6.30. The smallest absolute Gasteiger partial charge is 0.293 e. The molecule has 0 saturated carbocycles. The van der Waals surface area contributed by atoms with Gasteiger partial charge in [-0.1, -0.05) is 11.6 Å². The van der Waals surface area contributed by atoms with Crippen molar-refractivity contribution in [1.29, 1.82) is 0 Å². The summed E-state index contributed by atoms with van der Waals surface area (Å²) < 4.78 is 7.11. The van der Waals surface area contributed by atoms with Gasteiger partial charge in [-0.3, -0.25) is 14.8 Å². The zero-order valence-corrected chi connectivity index (χ0v) is 12.4. The number of amides is 1. The number of carbonyl (C=O) groups is 1. The second kappa shape index (κ2) is 5.98. The lowest BCUT2D eigenvalue weighted by molar-refractivity contribution is 0.0994. The zero-order valence-electron chi connectivity index (χ0n) is 11.7. The Hall–Kier alpha value is -2.67. The molecule has 3 rings (SSSR count). The van der Waals surface area contributed by atoms with Gasteiger partial charge in [-0.05, 0) is 25.1 Å². The van der Waals surface area contributed by atoms with Gasteiger partial charge in [0.25, 0.3) is 5.91 Å². The predicted octanol–water partition coefficient (Wildman–Crippen LogP) is 2.53. The molecule has 0 spiro atoms. The average molecular weight is 318 g/mol. The molecule has 0 aliphatic rings. The molecule has 8 heteroatoms. The standard InChI is InChI=1S/C14H12ClN5O2/c1-9-4-5-16-14(18-9)19-13(21)12-3-2-11(22-12)8-20-7-10(15)6-17-20/h2-7H,8H2,1H3,(H,16,18,19,21). The van der Waals surface area contributed by atoms with E-state index in [0.29, 0.717) is 17.3 Å². The maximum absolute atomic E-state index is 12.1. The number of halogens is 1. The zero-order chi connectivity index (χ0) is 15.5. The number of furan rings is 1.